The molecule has 0 bridgehead atoms. The zero-order valence-corrected chi connectivity index (χ0v) is 20.8. The zero-order valence-electron chi connectivity index (χ0n) is 19.3. The molecular formula is C25H29BrN4O2. The van der Waals surface area contributed by atoms with Crippen LogP contribution in [0.4, 0.5) is 5.82 Å². The summed E-state index contributed by atoms with van der Waals surface area (Å²) >= 11 is 3.65. The van der Waals surface area contributed by atoms with Gasteiger partial charge in [-0.1, -0.05) is 19.4 Å². The fraction of sp³-hybridized carbons (Fsp3) is 0.400. The molecule has 2 aliphatic rings. The minimum atomic E-state index is 0.0512. The lowest BCUT2D eigenvalue weighted by Gasteiger charge is -2.23. The van der Waals surface area contributed by atoms with E-state index in [9.17, 15) is 4.79 Å². The first-order chi connectivity index (χ1) is 15.5. The lowest BCUT2D eigenvalue weighted by Crippen LogP contribution is -2.14. The second-order valence-electron chi connectivity index (χ2n) is 8.10. The molecule has 3 heterocycles. The molecular weight excluding hydrogens is 468 g/mol. The predicted molar refractivity (Wildman–Crippen MR) is 132 cm³/mol. The van der Waals surface area contributed by atoms with Crippen molar-refractivity contribution in [3.63, 3.8) is 0 Å². The van der Waals surface area contributed by atoms with Crippen molar-refractivity contribution >= 4 is 49.8 Å². The fourth-order valence-electron chi connectivity index (χ4n) is 4.32. The van der Waals surface area contributed by atoms with Gasteiger partial charge in [0.25, 0.3) is 0 Å². The van der Waals surface area contributed by atoms with Gasteiger partial charge in [0.05, 0.1) is 24.6 Å². The first-order valence-electron chi connectivity index (χ1n) is 11.2. The van der Waals surface area contributed by atoms with Crippen LogP contribution in [0.2, 0.25) is 0 Å². The molecule has 0 aliphatic heterocycles. The molecule has 0 unspecified atom stereocenters. The number of fused-ring (bicyclic) bond motifs is 3. The highest BCUT2D eigenvalue weighted by Gasteiger charge is 2.30. The normalized spacial score (nSPS) is 16.3. The maximum atomic E-state index is 12.2. The molecule has 2 aliphatic carbocycles. The van der Waals surface area contributed by atoms with Crippen molar-refractivity contribution in [2.45, 2.75) is 53.4 Å². The number of anilines is 1. The molecule has 0 radical (unpaired) electrons. The van der Waals surface area contributed by atoms with E-state index in [0.29, 0.717) is 5.82 Å². The number of hydrogen-bond acceptors (Lipinski definition) is 4. The molecule has 0 saturated heterocycles. The van der Waals surface area contributed by atoms with Gasteiger partial charge < -0.3 is 10.1 Å². The van der Waals surface area contributed by atoms with Crippen LogP contribution in [0.5, 0.6) is 0 Å². The van der Waals surface area contributed by atoms with Gasteiger partial charge in [0.2, 0.25) is 5.91 Å². The summed E-state index contributed by atoms with van der Waals surface area (Å²) < 4.78 is 8.58. The molecule has 0 aromatic carbocycles. The second-order valence-corrected chi connectivity index (χ2v) is 8.91. The smallest absolute Gasteiger partial charge is 0.228 e. The Hall–Kier alpha value is -2.67. The van der Waals surface area contributed by atoms with Gasteiger partial charge in [0, 0.05) is 35.6 Å². The maximum absolute atomic E-state index is 12.2. The number of allylic oxidation sites excluding steroid dienone is 4. The van der Waals surface area contributed by atoms with Crippen molar-refractivity contribution in [1.29, 1.82) is 0 Å². The molecule has 6 nitrogen and oxygen atoms in total. The van der Waals surface area contributed by atoms with Gasteiger partial charge in [-0.3, -0.25) is 9.20 Å². The Morgan fingerprint density at radius 2 is 1.91 bits per heavy atom. The third-order valence-electron chi connectivity index (χ3n) is 6.07. The minimum Gasteiger partial charge on any atom is -0.501 e. The summed E-state index contributed by atoms with van der Waals surface area (Å²) in [6, 6.07) is 4.06. The van der Waals surface area contributed by atoms with Crippen LogP contribution < -0.4 is 5.32 Å². The summed E-state index contributed by atoms with van der Waals surface area (Å²) in [5.74, 6) is 1.78. The Morgan fingerprint density at radius 3 is 2.59 bits per heavy atom. The van der Waals surface area contributed by atoms with Gasteiger partial charge in [0.1, 0.15) is 16.1 Å². The molecule has 168 valence electrons. The van der Waals surface area contributed by atoms with Crippen LogP contribution in [-0.2, 0) is 9.53 Å². The highest BCUT2D eigenvalue weighted by Crippen LogP contribution is 2.40. The summed E-state index contributed by atoms with van der Waals surface area (Å²) in [6.45, 7) is 8.29. The highest BCUT2D eigenvalue weighted by molar-refractivity contribution is 9.10. The van der Waals surface area contributed by atoms with E-state index in [1.54, 1.807) is 7.11 Å². The summed E-state index contributed by atoms with van der Waals surface area (Å²) in [6.07, 6.45) is 7.45. The molecule has 1 amide bonds. The number of methoxy groups -OCH3 is 1. The quantitative estimate of drug-likeness (QED) is 0.446. The van der Waals surface area contributed by atoms with Gasteiger partial charge in [-0.2, -0.15) is 0 Å². The molecule has 32 heavy (non-hydrogen) atoms. The summed E-state index contributed by atoms with van der Waals surface area (Å²) in [4.78, 5) is 21.4. The Morgan fingerprint density at radius 1 is 1.16 bits per heavy atom. The number of imidazole rings is 1. The first kappa shape index (κ1) is 22.5. The number of nitrogens with one attached hydrogen (secondary N) is 1. The monoisotopic (exact) mass is 496 g/mol. The van der Waals surface area contributed by atoms with Crippen molar-refractivity contribution in [2.75, 3.05) is 12.4 Å². The lowest BCUT2D eigenvalue weighted by molar-refractivity contribution is -0.117. The standard InChI is InChI=1S/C23H23BrN4O2.C2H6/c1-12-4-7-18(30-3)13(2)21(12)16-8-15-10-25-20(27-23(29)14-5-6-14)9-17(15)28-19(24)11-26-22(16)28;1-2/h8-11,14H,4-7H2,1-3H3,(H,25,27,29);1-2H3. The Kier molecular flexibility index (Phi) is 6.38. The van der Waals surface area contributed by atoms with E-state index in [1.165, 1.54) is 11.1 Å². The zero-order chi connectivity index (χ0) is 23.0. The van der Waals surface area contributed by atoms with Crippen molar-refractivity contribution in [1.82, 2.24) is 14.4 Å². The third-order valence-corrected chi connectivity index (χ3v) is 6.63. The van der Waals surface area contributed by atoms with Crippen LogP contribution in [0.1, 0.15) is 58.9 Å². The van der Waals surface area contributed by atoms with E-state index in [2.05, 4.69) is 50.5 Å². The maximum Gasteiger partial charge on any atom is 0.228 e. The number of carbonyl (C=O) groups is 1. The summed E-state index contributed by atoms with van der Waals surface area (Å²) in [5, 5.41) is 3.93. The number of halogens is 1. The Labute approximate surface area is 196 Å². The molecule has 1 N–H and O–H groups in total. The lowest BCUT2D eigenvalue weighted by atomic mass is 9.86. The van der Waals surface area contributed by atoms with Crippen LogP contribution in [0, 0.1) is 5.92 Å². The average molecular weight is 497 g/mol. The van der Waals surface area contributed by atoms with Gasteiger partial charge in [-0.25, -0.2) is 9.97 Å². The van der Waals surface area contributed by atoms with Crippen LogP contribution in [0.15, 0.2) is 46.0 Å². The van der Waals surface area contributed by atoms with Crippen LogP contribution in [-0.4, -0.2) is 27.4 Å². The van der Waals surface area contributed by atoms with Crippen LogP contribution in [0.25, 0.3) is 22.1 Å². The van der Waals surface area contributed by atoms with E-state index >= 15 is 0 Å². The number of nitrogens with zero attached hydrogens (tertiary/aromatic N) is 3. The largest absolute Gasteiger partial charge is 0.501 e. The van der Waals surface area contributed by atoms with E-state index in [1.807, 2.05) is 32.3 Å². The number of pyridine rings is 2. The van der Waals surface area contributed by atoms with Crippen LogP contribution in [0.3, 0.4) is 0 Å². The van der Waals surface area contributed by atoms with E-state index in [4.69, 9.17) is 9.72 Å². The number of aromatic nitrogens is 3. The predicted octanol–water partition coefficient (Wildman–Crippen LogP) is 6.51. The Balaban J connectivity index is 0.00000119. The van der Waals surface area contributed by atoms with Crippen molar-refractivity contribution in [3.8, 4) is 0 Å². The van der Waals surface area contributed by atoms with E-state index in [0.717, 1.165) is 63.7 Å². The number of hydrogen-bond donors (Lipinski definition) is 1. The SMILES string of the molecule is CC.COC1=C(C)C(c2cc3cnc(NC(=O)C4CC4)cc3n3c(Br)cnc23)=C(C)CC1. The van der Waals surface area contributed by atoms with E-state index in [-0.39, 0.29) is 11.8 Å². The number of amides is 1. The van der Waals surface area contributed by atoms with Gasteiger partial charge in [-0.05, 0) is 66.3 Å². The first-order valence-corrected chi connectivity index (χ1v) is 12.0. The molecule has 5 rings (SSSR count). The van der Waals surface area contributed by atoms with Gasteiger partial charge >= 0.3 is 0 Å². The van der Waals surface area contributed by atoms with Crippen molar-refractivity contribution < 1.29 is 9.53 Å². The van der Waals surface area contributed by atoms with Crippen molar-refractivity contribution in [3.05, 3.63) is 51.6 Å². The molecule has 7 heteroatoms. The fourth-order valence-corrected chi connectivity index (χ4v) is 4.78. The third kappa shape index (κ3) is 3.94. The topological polar surface area (TPSA) is 68.5 Å². The molecule has 0 atom stereocenters. The summed E-state index contributed by atoms with van der Waals surface area (Å²) in [5.41, 5.74) is 6.55. The van der Waals surface area contributed by atoms with Crippen molar-refractivity contribution in [2.24, 2.45) is 5.92 Å². The number of carbonyl (C=O) groups excluding carboxylic acids is 1. The number of ether oxygens (including phenoxy) is 1. The summed E-state index contributed by atoms with van der Waals surface area (Å²) in [7, 11) is 1.74. The number of rotatable bonds is 4. The van der Waals surface area contributed by atoms with Gasteiger partial charge in [0.15, 0.2) is 0 Å². The molecule has 3 aromatic rings. The Bertz CT molecular complexity index is 1270. The highest BCUT2D eigenvalue weighted by atomic mass is 79.9. The van der Waals surface area contributed by atoms with E-state index < -0.39 is 0 Å². The minimum absolute atomic E-state index is 0.0512. The molecule has 0 spiro atoms. The average Bonchev–Trinajstić information content (AvgIpc) is 3.58. The van der Waals surface area contributed by atoms with Gasteiger partial charge in [-0.15, -0.1) is 0 Å². The molecule has 3 aromatic heterocycles. The molecule has 1 saturated carbocycles. The second kappa shape index (κ2) is 9.06. The van der Waals surface area contributed by atoms with Crippen LogP contribution >= 0.6 is 15.9 Å². The molecule has 1 fully saturated rings.